The molecular formula is C15H16N4O2. The van der Waals surface area contributed by atoms with Crippen molar-refractivity contribution in [3.63, 3.8) is 0 Å². The van der Waals surface area contributed by atoms with Crippen LogP contribution in [0.1, 0.15) is 11.3 Å². The van der Waals surface area contributed by atoms with Gasteiger partial charge in [-0.2, -0.15) is 5.26 Å². The van der Waals surface area contributed by atoms with E-state index in [-0.39, 0.29) is 6.61 Å². The number of ether oxygens (including phenoxy) is 1. The van der Waals surface area contributed by atoms with Crippen LogP contribution in [-0.2, 0) is 6.54 Å². The predicted molar refractivity (Wildman–Crippen MR) is 76.4 cm³/mol. The van der Waals surface area contributed by atoms with Gasteiger partial charge in [0.05, 0.1) is 17.3 Å². The molecule has 0 saturated carbocycles. The third kappa shape index (κ3) is 5.18. The maximum Gasteiger partial charge on any atom is 0.120 e. The van der Waals surface area contributed by atoms with Crippen LogP contribution in [0.15, 0.2) is 42.9 Å². The predicted octanol–water partition coefficient (Wildman–Crippen LogP) is 0.878. The fraction of sp³-hybridized carbons (Fsp3) is 0.267. The first-order chi connectivity index (χ1) is 10.3. The van der Waals surface area contributed by atoms with Crippen LogP contribution in [0.5, 0.6) is 5.75 Å². The van der Waals surface area contributed by atoms with Crippen molar-refractivity contribution >= 4 is 0 Å². The van der Waals surface area contributed by atoms with Gasteiger partial charge in [-0.25, -0.2) is 9.97 Å². The molecule has 0 aliphatic heterocycles. The molecule has 0 amide bonds. The largest absolute Gasteiger partial charge is 0.491 e. The summed E-state index contributed by atoms with van der Waals surface area (Å²) in [5.41, 5.74) is 1.39. The molecule has 21 heavy (non-hydrogen) atoms. The van der Waals surface area contributed by atoms with Crippen molar-refractivity contribution in [3.05, 3.63) is 54.1 Å². The number of rotatable bonds is 7. The van der Waals surface area contributed by atoms with E-state index in [1.54, 1.807) is 30.5 Å². The Morgan fingerprint density at radius 2 is 2.29 bits per heavy atom. The molecule has 6 heteroatoms. The van der Waals surface area contributed by atoms with E-state index in [0.29, 0.717) is 24.4 Å². The number of aliphatic hydroxyl groups excluding tert-OH is 1. The van der Waals surface area contributed by atoms with E-state index in [0.717, 1.165) is 5.69 Å². The van der Waals surface area contributed by atoms with Crippen molar-refractivity contribution in [2.45, 2.75) is 12.6 Å². The summed E-state index contributed by atoms with van der Waals surface area (Å²) in [5, 5.41) is 21.7. The van der Waals surface area contributed by atoms with Gasteiger partial charge in [-0.05, 0) is 24.3 Å². The van der Waals surface area contributed by atoms with Gasteiger partial charge in [0, 0.05) is 19.3 Å². The standard InChI is InChI=1S/C15H16N4O2/c16-7-12-2-1-3-15(6-12)21-10-14(20)9-18-8-13-4-5-17-11-19-13/h1-6,11,14,18,20H,8-10H2. The number of hydrogen-bond acceptors (Lipinski definition) is 6. The molecule has 1 heterocycles. The van der Waals surface area contributed by atoms with Crippen molar-refractivity contribution in [2.75, 3.05) is 13.2 Å². The average molecular weight is 284 g/mol. The lowest BCUT2D eigenvalue weighted by Crippen LogP contribution is -2.31. The highest BCUT2D eigenvalue weighted by Crippen LogP contribution is 2.12. The molecule has 1 atom stereocenters. The maximum absolute atomic E-state index is 9.83. The average Bonchev–Trinajstić information content (AvgIpc) is 2.54. The van der Waals surface area contributed by atoms with Gasteiger partial charge in [0.1, 0.15) is 24.8 Å². The molecule has 1 aromatic carbocycles. The van der Waals surface area contributed by atoms with Crippen molar-refractivity contribution in [2.24, 2.45) is 0 Å². The first-order valence-corrected chi connectivity index (χ1v) is 6.54. The minimum absolute atomic E-state index is 0.158. The summed E-state index contributed by atoms with van der Waals surface area (Å²) in [6.07, 6.45) is 2.52. The van der Waals surface area contributed by atoms with Crippen molar-refractivity contribution in [1.29, 1.82) is 5.26 Å². The third-order valence-corrected chi connectivity index (χ3v) is 2.73. The normalized spacial score (nSPS) is 11.6. The van der Waals surface area contributed by atoms with Gasteiger partial charge < -0.3 is 15.2 Å². The maximum atomic E-state index is 9.83. The second kappa shape index (κ2) is 7.94. The number of benzene rings is 1. The Morgan fingerprint density at radius 1 is 1.38 bits per heavy atom. The molecule has 0 radical (unpaired) electrons. The Labute approximate surface area is 123 Å². The molecule has 0 bridgehead atoms. The summed E-state index contributed by atoms with van der Waals surface area (Å²) in [5.74, 6) is 0.573. The van der Waals surface area contributed by atoms with Gasteiger partial charge in [-0.15, -0.1) is 0 Å². The van der Waals surface area contributed by atoms with Gasteiger partial charge in [0.25, 0.3) is 0 Å². The van der Waals surface area contributed by atoms with Gasteiger partial charge in [0.15, 0.2) is 0 Å². The minimum Gasteiger partial charge on any atom is -0.491 e. The molecule has 2 aromatic rings. The smallest absolute Gasteiger partial charge is 0.120 e. The van der Waals surface area contributed by atoms with Crippen LogP contribution in [0, 0.1) is 11.3 Å². The Kier molecular flexibility index (Phi) is 5.64. The summed E-state index contributed by atoms with van der Waals surface area (Å²) in [4.78, 5) is 7.91. The van der Waals surface area contributed by atoms with Gasteiger partial charge in [-0.1, -0.05) is 6.07 Å². The lowest BCUT2D eigenvalue weighted by Gasteiger charge is -2.13. The molecule has 6 nitrogen and oxygen atoms in total. The van der Waals surface area contributed by atoms with E-state index in [9.17, 15) is 5.11 Å². The summed E-state index contributed by atoms with van der Waals surface area (Å²) in [7, 11) is 0. The molecule has 2 rings (SSSR count). The zero-order chi connectivity index (χ0) is 14.9. The monoisotopic (exact) mass is 284 g/mol. The van der Waals surface area contributed by atoms with Crippen molar-refractivity contribution < 1.29 is 9.84 Å². The first kappa shape index (κ1) is 14.9. The second-order valence-electron chi connectivity index (χ2n) is 4.44. The number of nitrogens with one attached hydrogen (secondary N) is 1. The molecule has 0 spiro atoms. The molecule has 0 saturated heterocycles. The Morgan fingerprint density at radius 3 is 3.05 bits per heavy atom. The quantitative estimate of drug-likeness (QED) is 0.784. The molecule has 108 valence electrons. The lowest BCUT2D eigenvalue weighted by atomic mass is 10.2. The number of hydrogen-bond donors (Lipinski definition) is 2. The number of nitrogens with zero attached hydrogens (tertiary/aromatic N) is 3. The Balaban J connectivity index is 1.70. The number of nitriles is 1. The van der Waals surface area contributed by atoms with Crippen molar-refractivity contribution in [3.8, 4) is 11.8 Å². The fourth-order valence-electron chi connectivity index (χ4n) is 1.70. The number of aliphatic hydroxyl groups is 1. The molecular weight excluding hydrogens is 268 g/mol. The van der Waals surface area contributed by atoms with Gasteiger partial charge in [0.2, 0.25) is 0 Å². The highest BCUT2D eigenvalue weighted by Gasteiger charge is 2.05. The van der Waals surface area contributed by atoms with Crippen LogP contribution in [-0.4, -0.2) is 34.3 Å². The molecule has 1 unspecified atom stereocenters. The van der Waals surface area contributed by atoms with Crippen LogP contribution in [0.2, 0.25) is 0 Å². The van der Waals surface area contributed by atoms with Gasteiger partial charge >= 0.3 is 0 Å². The molecule has 0 aliphatic carbocycles. The molecule has 0 fully saturated rings. The number of aromatic nitrogens is 2. The molecule has 2 N–H and O–H groups in total. The fourth-order valence-corrected chi connectivity index (χ4v) is 1.70. The first-order valence-electron chi connectivity index (χ1n) is 6.54. The SMILES string of the molecule is N#Cc1cccc(OCC(O)CNCc2ccncn2)c1. The highest BCUT2D eigenvalue weighted by molar-refractivity contribution is 5.36. The van der Waals surface area contributed by atoms with E-state index in [1.165, 1.54) is 6.33 Å². The zero-order valence-electron chi connectivity index (χ0n) is 11.4. The second-order valence-corrected chi connectivity index (χ2v) is 4.44. The Bertz CT molecular complexity index is 598. The van der Waals surface area contributed by atoms with E-state index < -0.39 is 6.10 Å². The summed E-state index contributed by atoms with van der Waals surface area (Å²) in [6, 6.07) is 10.7. The zero-order valence-corrected chi connectivity index (χ0v) is 11.4. The van der Waals surface area contributed by atoms with E-state index >= 15 is 0 Å². The van der Waals surface area contributed by atoms with Gasteiger partial charge in [-0.3, -0.25) is 0 Å². The van der Waals surface area contributed by atoms with Crippen molar-refractivity contribution in [1.82, 2.24) is 15.3 Å². The Hall–Kier alpha value is -2.49. The van der Waals surface area contributed by atoms with E-state index in [4.69, 9.17) is 10.00 Å². The summed E-state index contributed by atoms with van der Waals surface area (Å²) in [6.45, 7) is 1.11. The van der Waals surface area contributed by atoms with Crippen LogP contribution in [0.25, 0.3) is 0 Å². The lowest BCUT2D eigenvalue weighted by molar-refractivity contribution is 0.106. The van der Waals surface area contributed by atoms with E-state index in [1.807, 2.05) is 12.1 Å². The topological polar surface area (TPSA) is 91.1 Å². The van der Waals surface area contributed by atoms with Crippen LogP contribution < -0.4 is 10.1 Å². The summed E-state index contributed by atoms with van der Waals surface area (Å²) >= 11 is 0. The third-order valence-electron chi connectivity index (χ3n) is 2.73. The molecule has 1 aromatic heterocycles. The van der Waals surface area contributed by atoms with Crippen LogP contribution in [0.4, 0.5) is 0 Å². The minimum atomic E-state index is -0.641. The van der Waals surface area contributed by atoms with Crippen LogP contribution in [0.3, 0.4) is 0 Å². The van der Waals surface area contributed by atoms with Crippen LogP contribution >= 0.6 is 0 Å². The van der Waals surface area contributed by atoms with E-state index in [2.05, 4.69) is 15.3 Å². The highest BCUT2D eigenvalue weighted by atomic mass is 16.5. The molecule has 0 aliphatic rings. The summed E-state index contributed by atoms with van der Waals surface area (Å²) < 4.78 is 5.45.